The van der Waals surface area contributed by atoms with Crippen molar-refractivity contribution in [1.82, 2.24) is 19.7 Å². The molecule has 0 aliphatic carbocycles. The van der Waals surface area contributed by atoms with Crippen LogP contribution < -0.4 is 0 Å². The SMILES string of the molecule is CC(C)n1c(-c2cn[nH]c2)cc2cnccc21. The van der Waals surface area contributed by atoms with Crippen LogP contribution in [0.5, 0.6) is 0 Å². The molecule has 0 radical (unpaired) electrons. The average Bonchev–Trinajstić information content (AvgIpc) is 2.95. The zero-order valence-corrected chi connectivity index (χ0v) is 9.88. The minimum atomic E-state index is 0.403. The summed E-state index contributed by atoms with van der Waals surface area (Å²) in [6.07, 6.45) is 7.50. The molecule has 0 saturated carbocycles. The zero-order chi connectivity index (χ0) is 11.8. The second-order valence-electron chi connectivity index (χ2n) is 4.41. The molecule has 0 saturated heterocycles. The lowest BCUT2D eigenvalue weighted by atomic mass is 10.2. The highest BCUT2D eigenvalue weighted by atomic mass is 15.1. The molecule has 0 bridgehead atoms. The van der Waals surface area contributed by atoms with Crippen molar-refractivity contribution in [2.24, 2.45) is 0 Å². The Kier molecular flexibility index (Phi) is 2.21. The molecule has 4 nitrogen and oxygen atoms in total. The highest BCUT2D eigenvalue weighted by Gasteiger charge is 2.13. The van der Waals surface area contributed by atoms with E-state index in [-0.39, 0.29) is 0 Å². The topological polar surface area (TPSA) is 46.5 Å². The van der Waals surface area contributed by atoms with Crippen molar-refractivity contribution in [1.29, 1.82) is 0 Å². The highest BCUT2D eigenvalue weighted by molar-refractivity contribution is 5.86. The van der Waals surface area contributed by atoms with E-state index in [9.17, 15) is 0 Å². The van der Waals surface area contributed by atoms with Gasteiger partial charge in [0.1, 0.15) is 0 Å². The Morgan fingerprint density at radius 2 is 2.18 bits per heavy atom. The maximum absolute atomic E-state index is 4.17. The van der Waals surface area contributed by atoms with Gasteiger partial charge in [0.15, 0.2) is 0 Å². The fourth-order valence-corrected chi connectivity index (χ4v) is 2.25. The molecule has 3 heterocycles. The summed E-state index contributed by atoms with van der Waals surface area (Å²) in [6.45, 7) is 4.37. The van der Waals surface area contributed by atoms with Gasteiger partial charge in [-0.05, 0) is 26.0 Å². The summed E-state index contributed by atoms with van der Waals surface area (Å²) in [4.78, 5) is 4.17. The second-order valence-corrected chi connectivity index (χ2v) is 4.41. The van der Waals surface area contributed by atoms with Crippen LogP contribution in [0.1, 0.15) is 19.9 Å². The van der Waals surface area contributed by atoms with Crippen molar-refractivity contribution in [3.8, 4) is 11.3 Å². The van der Waals surface area contributed by atoms with Gasteiger partial charge < -0.3 is 4.57 Å². The van der Waals surface area contributed by atoms with E-state index in [0.717, 1.165) is 10.9 Å². The summed E-state index contributed by atoms with van der Waals surface area (Å²) in [5, 5.41) is 8.04. The minimum Gasteiger partial charge on any atom is -0.338 e. The van der Waals surface area contributed by atoms with Crippen LogP contribution in [-0.2, 0) is 0 Å². The van der Waals surface area contributed by atoms with Gasteiger partial charge in [0.25, 0.3) is 0 Å². The number of hydrogen-bond donors (Lipinski definition) is 1. The highest BCUT2D eigenvalue weighted by Crippen LogP contribution is 2.30. The van der Waals surface area contributed by atoms with Gasteiger partial charge in [-0.1, -0.05) is 0 Å². The van der Waals surface area contributed by atoms with Crippen molar-refractivity contribution < 1.29 is 0 Å². The molecule has 3 aromatic rings. The van der Waals surface area contributed by atoms with Crippen molar-refractivity contribution in [2.75, 3.05) is 0 Å². The van der Waals surface area contributed by atoms with Crippen LogP contribution in [0, 0.1) is 0 Å². The third-order valence-electron chi connectivity index (χ3n) is 2.95. The third-order valence-corrected chi connectivity index (χ3v) is 2.95. The molecule has 0 aromatic carbocycles. The largest absolute Gasteiger partial charge is 0.338 e. The van der Waals surface area contributed by atoms with Crippen LogP contribution in [0.15, 0.2) is 36.9 Å². The molecule has 17 heavy (non-hydrogen) atoms. The van der Waals surface area contributed by atoms with Gasteiger partial charge in [0, 0.05) is 35.6 Å². The summed E-state index contributed by atoms with van der Waals surface area (Å²) in [5.41, 5.74) is 3.50. The van der Waals surface area contributed by atoms with Gasteiger partial charge in [-0.25, -0.2) is 0 Å². The summed E-state index contributed by atoms with van der Waals surface area (Å²) < 4.78 is 2.31. The quantitative estimate of drug-likeness (QED) is 0.730. The predicted molar refractivity (Wildman–Crippen MR) is 67.7 cm³/mol. The van der Waals surface area contributed by atoms with E-state index in [1.165, 1.54) is 11.2 Å². The molecular formula is C13H14N4. The zero-order valence-electron chi connectivity index (χ0n) is 9.88. The van der Waals surface area contributed by atoms with E-state index in [4.69, 9.17) is 0 Å². The first-order valence-corrected chi connectivity index (χ1v) is 5.71. The van der Waals surface area contributed by atoms with Gasteiger partial charge in [0.05, 0.1) is 17.4 Å². The first kappa shape index (κ1) is 10.1. The summed E-state index contributed by atoms with van der Waals surface area (Å²) in [5.74, 6) is 0. The van der Waals surface area contributed by atoms with Crippen LogP contribution in [0.3, 0.4) is 0 Å². The lowest BCUT2D eigenvalue weighted by molar-refractivity contribution is 0.629. The molecule has 0 unspecified atom stereocenters. The van der Waals surface area contributed by atoms with Crippen molar-refractivity contribution in [2.45, 2.75) is 19.9 Å². The molecule has 0 spiro atoms. The summed E-state index contributed by atoms with van der Waals surface area (Å²) >= 11 is 0. The molecule has 86 valence electrons. The van der Waals surface area contributed by atoms with Gasteiger partial charge in [-0.3, -0.25) is 10.1 Å². The Morgan fingerprint density at radius 1 is 1.29 bits per heavy atom. The lowest BCUT2D eigenvalue weighted by Gasteiger charge is -2.13. The lowest BCUT2D eigenvalue weighted by Crippen LogP contribution is -2.01. The van der Waals surface area contributed by atoms with E-state index in [0.29, 0.717) is 6.04 Å². The van der Waals surface area contributed by atoms with Crippen molar-refractivity contribution >= 4 is 10.9 Å². The van der Waals surface area contributed by atoms with E-state index in [1.54, 1.807) is 0 Å². The van der Waals surface area contributed by atoms with E-state index >= 15 is 0 Å². The van der Waals surface area contributed by atoms with Crippen LogP contribution in [-0.4, -0.2) is 19.7 Å². The first-order chi connectivity index (χ1) is 8.27. The predicted octanol–water partition coefficient (Wildman–Crippen LogP) is 3.01. The molecule has 4 heteroatoms. The Balaban J connectivity index is 2.34. The average molecular weight is 226 g/mol. The van der Waals surface area contributed by atoms with E-state index < -0.39 is 0 Å². The van der Waals surface area contributed by atoms with Gasteiger partial charge in [-0.15, -0.1) is 0 Å². The Labute approximate surface area is 99.3 Å². The molecular weight excluding hydrogens is 212 g/mol. The van der Waals surface area contributed by atoms with Gasteiger partial charge in [-0.2, -0.15) is 5.10 Å². The maximum atomic E-state index is 4.17. The van der Waals surface area contributed by atoms with Gasteiger partial charge in [0.2, 0.25) is 0 Å². The number of pyridine rings is 1. The van der Waals surface area contributed by atoms with E-state index in [1.807, 2.05) is 24.8 Å². The Bertz CT molecular complexity index is 635. The fraction of sp³-hybridized carbons (Fsp3) is 0.231. The number of fused-ring (bicyclic) bond motifs is 1. The minimum absolute atomic E-state index is 0.403. The Morgan fingerprint density at radius 3 is 2.88 bits per heavy atom. The molecule has 0 aliphatic heterocycles. The number of nitrogens with one attached hydrogen (secondary N) is 1. The number of nitrogens with zero attached hydrogens (tertiary/aromatic N) is 3. The summed E-state index contributed by atoms with van der Waals surface area (Å²) in [7, 11) is 0. The molecule has 3 aromatic heterocycles. The monoisotopic (exact) mass is 226 g/mol. The van der Waals surface area contributed by atoms with Gasteiger partial charge >= 0.3 is 0 Å². The second kappa shape index (κ2) is 3.73. The number of rotatable bonds is 2. The molecule has 1 N–H and O–H groups in total. The number of aromatic nitrogens is 4. The maximum Gasteiger partial charge on any atom is 0.0580 e. The smallest absolute Gasteiger partial charge is 0.0580 e. The standard InChI is InChI=1S/C13H14N4/c1-9(2)17-12-3-4-14-6-10(12)5-13(17)11-7-15-16-8-11/h3-9H,1-2H3,(H,15,16). The molecule has 0 amide bonds. The summed E-state index contributed by atoms with van der Waals surface area (Å²) in [6, 6.07) is 4.62. The number of H-pyrrole nitrogens is 1. The van der Waals surface area contributed by atoms with E-state index in [2.05, 4.69) is 45.7 Å². The van der Waals surface area contributed by atoms with Crippen LogP contribution in [0.2, 0.25) is 0 Å². The fourth-order valence-electron chi connectivity index (χ4n) is 2.25. The van der Waals surface area contributed by atoms with Crippen LogP contribution in [0.4, 0.5) is 0 Å². The molecule has 0 fully saturated rings. The molecule has 0 atom stereocenters. The van der Waals surface area contributed by atoms with Crippen molar-refractivity contribution in [3.63, 3.8) is 0 Å². The van der Waals surface area contributed by atoms with Crippen molar-refractivity contribution in [3.05, 3.63) is 36.9 Å². The van der Waals surface area contributed by atoms with Crippen LogP contribution in [0.25, 0.3) is 22.2 Å². The number of hydrogen-bond acceptors (Lipinski definition) is 2. The van der Waals surface area contributed by atoms with Crippen LogP contribution >= 0.6 is 0 Å². The Hall–Kier alpha value is -2.10. The normalized spacial score (nSPS) is 11.5. The molecule has 3 rings (SSSR count). The first-order valence-electron chi connectivity index (χ1n) is 5.71. The number of aromatic amines is 1. The molecule has 0 aliphatic rings. The third kappa shape index (κ3) is 1.53.